The van der Waals surface area contributed by atoms with E-state index >= 15 is 0 Å². The molecular formula is C20H24N4O2. The molecule has 2 amide bonds. The first kappa shape index (κ1) is 17.9. The minimum Gasteiger partial charge on any atom is -0.383 e. The number of likely N-dealkylation sites (tertiary alicyclic amines) is 1. The predicted octanol–water partition coefficient (Wildman–Crippen LogP) is 2.32. The predicted molar refractivity (Wildman–Crippen MR) is 100 cm³/mol. The number of carbonyl (C=O) groups is 2. The molecule has 0 saturated carbocycles. The third kappa shape index (κ3) is 4.20. The van der Waals surface area contributed by atoms with E-state index in [1.165, 1.54) is 0 Å². The van der Waals surface area contributed by atoms with Gasteiger partial charge in [0.05, 0.1) is 5.56 Å². The Kier molecular flexibility index (Phi) is 5.51. The molecule has 1 aromatic carbocycles. The van der Waals surface area contributed by atoms with Crippen LogP contribution in [0.2, 0.25) is 0 Å². The lowest BCUT2D eigenvalue weighted by Crippen LogP contribution is -2.36. The second-order valence-electron chi connectivity index (χ2n) is 6.62. The van der Waals surface area contributed by atoms with Gasteiger partial charge < -0.3 is 16.0 Å². The van der Waals surface area contributed by atoms with Crippen LogP contribution in [-0.4, -0.2) is 34.8 Å². The minimum atomic E-state index is -0.225. The van der Waals surface area contributed by atoms with E-state index < -0.39 is 0 Å². The van der Waals surface area contributed by atoms with Crippen LogP contribution in [0.1, 0.15) is 47.3 Å². The van der Waals surface area contributed by atoms with Gasteiger partial charge in [0.25, 0.3) is 5.91 Å². The van der Waals surface area contributed by atoms with Crippen molar-refractivity contribution < 1.29 is 9.59 Å². The molecule has 1 aliphatic rings. The molecular weight excluding hydrogens is 328 g/mol. The zero-order chi connectivity index (χ0) is 18.5. The molecule has 1 saturated heterocycles. The van der Waals surface area contributed by atoms with Crippen LogP contribution in [0, 0.1) is 0 Å². The molecule has 0 radical (unpaired) electrons. The third-order valence-corrected chi connectivity index (χ3v) is 4.85. The van der Waals surface area contributed by atoms with Crippen molar-refractivity contribution in [3.63, 3.8) is 0 Å². The minimum absolute atomic E-state index is 0.112. The molecule has 26 heavy (non-hydrogen) atoms. The molecule has 0 atom stereocenters. The van der Waals surface area contributed by atoms with E-state index in [9.17, 15) is 9.59 Å². The Morgan fingerprint density at radius 3 is 2.46 bits per heavy atom. The maximum Gasteiger partial charge on any atom is 0.255 e. The average molecular weight is 352 g/mol. The molecule has 1 aromatic heterocycles. The van der Waals surface area contributed by atoms with Crippen molar-refractivity contribution in [3.8, 4) is 0 Å². The maximum absolute atomic E-state index is 12.4. The van der Waals surface area contributed by atoms with Crippen LogP contribution in [0.4, 0.5) is 5.82 Å². The van der Waals surface area contributed by atoms with Gasteiger partial charge >= 0.3 is 0 Å². The number of hydrogen-bond acceptors (Lipinski definition) is 4. The summed E-state index contributed by atoms with van der Waals surface area (Å²) in [7, 11) is 0. The molecule has 0 aliphatic carbocycles. The number of aromatic nitrogens is 1. The van der Waals surface area contributed by atoms with Gasteiger partial charge in [-0.2, -0.15) is 0 Å². The van der Waals surface area contributed by atoms with Crippen LogP contribution in [0.5, 0.6) is 0 Å². The van der Waals surface area contributed by atoms with Crippen LogP contribution in [-0.2, 0) is 11.3 Å². The highest BCUT2D eigenvalue weighted by atomic mass is 16.2. The number of nitrogens with two attached hydrogens (primary N) is 1. The second kappa shape index (κ2) is 7.99. The van der Waals surface area contributed by atoms with Crippen molar-refractivity contribution in [2.24, 2.45) is 0 Å². The first-order valence-corrected chi connectivity index (χ1v) is 8.88. The molecule has 6 heteroatoms. The SMILES string of the molecule is CC(=O)N1CCC(c2ccc(C(=O)NCc3ccccc3)c(N)n2)CC1. The summed E-state index contributed by atoms with van der Waals surface area (Å²) in [5.41, 5.74) is 8.35. The summed E-state index contributed by atoms with van der Waals surface area (Å²) in [6, 6.07) is 13.3. The number of hydrogen-bond donors (Lipinski definition) is 2. The van der Waals surface area contributed by atoms with Gasteiger partial charge in [-0.1, -0.05) is 30.3 Å². The van der Waals surface area contributed by atoms with Crippen molar-refractivity contribution in [1.82, 2.24) is 15.2 Å². The number of piperidine rings is 1. The number of amides is 2. The van der Waals surface area contributed by atoms with Crippen LogP contribution in [0.15, 0.2) is 42.5 Å². The van der Waals surface area contributed by atoms with Crippen molar-refractivity contribution in [3.05, 3.63) is 59.3 Å². The summed E-state index contributed by atoms with van der Waals surface area (Å²) in [5.74, 6) is 0.412. The van der Waals surface area contributed by atoms with Crippen molar-refractivity contribution in [2.75, 3.05) is 18.8 Å². The quantitative estimate of drug-likeness (QED) is 0.884. The summed E-state index contributed by atoms with van der Waals surface area (Å²) in [6.45, 7) is 3.52. The van der Waals surface area contributed by atoms with E-state index in [0.717, 1.165) is 37.2 Å². The van der Waals surface area contributed by atoms with Gasteiger partial charge in [-0.15, -0.1) is 0 Å². The number of nitrogen functional groups attached to an aromatic ring is 1. The largest absolute Gasteiger partial charge is 0.383 e. The van der Waals surface area contributed by atoms with E-state index in [1.807, 2.05) is 41.3 Å². The van der Waals surface area contributed by atoms with Gasteiger partial charge in [-0.25, -0.2) is 4.98 Å². The fraction of sp³-hybridized carbons (Fsp3) is 0.350. The number of nitrogens with zero attached hydrogens (tertiary/aromatic N) is 2. The normalized spacial score (nSPS) is 14.9. The number of carbonyl (C=O) groups excluding carboxylic acids is 2. The van der Waals surface area contributed by atoms with Gasteiger partial charge in [0.1, 0.15) is 5.82 Å². The zero-order valence-corrected chi connectivity index (χ0v) is 14.9. The fourth-order valence-electron chi connectivity index (χ4n) is 3.27. The highest BCUT2D eigenvalue weighted by Gasteiger charge is 2.23. The fourth-order valence-corrected chi connectivity index (χ4v) is 3.27. The van der Waals surface area contributed by atoms with Gasteiger partial charge in [0.2, 0.25) is 5.91 Å². The molecule has 0 bridgehead atoms. The van der Waals surface area contributed by atoms with E-state index in [0.29, 0.717) is 12.1 Å². The smallest absolute Gasteiger partial charge is 0.255 e. The lowest BCUT2D eigenvalue weighted by Gasteiger charge is -2.31. The van der Waals surface area contributed by atoms with E-state index in [4.69, 9.17) is 5.73 Å². The average Bonchev–Trinajstić information content (AvgIpc) is 2.67. The molecule has 3 N–H and O–H groups in total. The Balaban J connectivity index is 1.62. The second-order valence-corrected chi connectivity index (χ2v) is 6.62. The third-order valence-electron chi connectivity index (χ3n) is 4.85. The maximum atomic E-state index is 12.4. The van der Waals surface area contributed by atoms with Gasteiger partial charge in [-0.3, -0.25) is 9.59 Å². The molecule has 0 spiro atoms. The molecule has 2 aromatic rings. The van der Waals surface area contributed by atoms with Crippen molar-refractivity contribution in [2.45, 2.75) is 32.2 Å². The molecule has 1 fully saturated rings. The molecule has 2 heterocycles. The summed E-state index contributed by atoms with van der Waals surface area (Å²) >= 11 is 0. The Morgan fingerprint density at radius 2 is 1.85 bits per heavy atom. The Labute approximate surface area is 153 Å². The number of pyridine rings is 1. The van der Waals surface area contributed by atoms with E-state index in [1.54, 1.807) is 13.0 Å². The molecule has 3 rings (SSSR count). The first-order chi connectivity index (χ1) is 12.5. The topological polar surface area (TPSA) is 88.3 Å². The monoisotopic (exact) mass is 352 g/mol. The molecule has 136 valence electrons. The van der Waals surface area contributed by atoms with Crippen molar-refractivity contribution >= 4 is 17.6 Å². The summed E-state index contributed by atoms with van der Waals surface area (Å²) < 4.78 is 0. The van der Waals surface area contributed by atoms with Crippen LogP contribution < -0.4 is 11.1 Å². The highest BCUT2D eigenvalue weighted by Crippen LogP contribution is 2.28. The highest BCUT2D eigenvalue weighted by molar-refractivity contribution is 5.98. The lowest BCUT2D eigenvalue weighted by molar-refractivity contribution is -0.129. The summed E-state index contributed by atoms with van der Waals surface area (Å²) in [5, 5.41) is 2.87. The van der Waals surface area contributed by atoms with Crippen molar-refractivity contribution in [1.29, 1.82) is 0 Å². The summed E-state index contributed by atoms with van der Waals surface area (Å²) in [6.07, 6.45) is 1.73. The molecule has 1 aliphatic heterocycles. The van der Waals surface area contributed by atoms with Gasteiger partial charge in [-0.05, 0) is 30.5 Å². The first-order valence-electron chi connectivity index (χ1n) is 8.88. The number of rotatable bonds is 4. The van der Waals surface area contributed by atoms with Crippen LogP contribution >= 0.6 is 0 Å². The molecule has 6 nitrogen and oxygen atoms in total. The van der Waals surface area contributed by atoms with Gasteiger partial charge in [0, 0.05) is 38.2 Å². The van der Waals surface area contributed by atoms with Crippen LogP contribution in [0.25, 0.3) is 0 Å². The lowest BCUT2D eigenvalue weighted by atomic mass is 9.92. The van der Waals surface area contributed by atoms with E-state index in [-0.39, 0.29) is 23.6 Å². The molecule has 0 unspecified atom stereocenters. The zero-order valence-electron chi connectivity index (χ0n) is 14.9. The van der Waals surface area contributed by atoms with Crippen LogP contribution in [0.3, 0.4) is 0 Å². The summed E-state index contributed by atoms with van der Waals surface area (Å²) in [4.78, 5) is 30.1. The Bertz CT molecular complexity index is 784. The van der Waals surface area contributed by atoms with E-state index in [2.05, 4.69) is 10.3 Å². The number of benzene rings is 1. The number of anilines is 1. The van der Waals surface area contributed by atoms with Gasteiger partial charge in [0.15, 0.2) is 0 Å². The Hall–Kier alpha value is -2.89. The number of nitrogens with one attached hydrogen (secondary N) is 1. The Morgan fingerprint density at radius 1 is 1.15 bits per heavy atom. The standard InChI is InChI=1S/C20H24N4O2/c1-14(25)24-11-9-16(10-12-24)18-8-7-17(19(21)23-18)20(26)22-13-15-5-3-2-4-6-15/h2-8,16H,9-13H2,1H3,(H2,21,23)(H,22,26).